The fourth-order valence-electron chi connectivity index (χ4n) is 2.67. The van der Waals surface area contributed by atoms with Gasteiger partial charge in [0, 0.05) is 18.0 Å². The summed E-state index contributed by atoms with van der Waals surface area (Å²) >= 11 is 0. The number of aromatic carboxylic acids is 1. The molecule has 2 heterocycles. The van der Waals surface area contributed by atoms with Gasteiger partial charge in [0.1, 0.15) is 12.2 Å². The van der Waals surface area contributed by atoms with Crippen LogP contribution < -0.4 is 5.32 Å². The van der Waals surface area contributed by atoms with Crippen molar-refractivity contribution in [1.82, 2.24) is 19.6 Å². The SMILES string of the molecule is Cc1cccc(Cn2nc(NC(=O)Cn3nccc3C(=O)O)cc2C)c1. The maximum Gasteiger partial charge on any atom is 0.354 e. The molecule has 3 rings (SSSR count). The lowest BCUT2D eigenvalue weighted by atomic mass is 10.1. The maximum atomic E-state index is 12.2. The smallest absolute Gasteiger partial charge is 0.354 e. The molecular formula is C18H19N5O3. The predicted molar refractivity (Wildman–Crippen MR) is 95.1 cm³/mol. The van der Waals surface area contributed by atoms with Crippen LogP contribution in [-0.4, -0.2) is 36.5 Å². The summed E-state index contributed by atoms with van der Waals surface area (Å²) in [6.07, 6.45) is 1.34. The number of carbonyl (C=O) groups is 2. The first-order valence-corrected chi connectivity index (χ1v) is 8.07. The minimum Gasteiger partial charge on any atom is -0.477 e. The second-order valence-corrected chi connectivity index (χ2v) is 6.05. The number of carbonyl (C=O) groups excluding carboxylic acids is 1. The predicted octanol–water partition coefficient (Wildman–Crippen LogP) is 2.08. The van der Waals surface area contributed by atoms with Crippen LogP contribution in [0.4, 0.5) is 5.82 Å². The number of nitrogens with zero attached hydrogens (tertiary/aromatic N) is 4. The molecule has 0 fully saturated rings. The van der Waals surface area contributed by atoms with Gasteiger partial charge in [0.15, 0.2) is 5.82 Å². The molecule has 0 saturated carbocycles. The first-order valence-electron chi connectivity index (χ1n) is 8.07. The van der Waals surface area contributed by atoms with Gasteiger partial charge >= 0.3 is 5.97 Å². The van der Waals surface area contributed by atoms with Crippen LogP contribution in [0.1, 0.15) is 27.3 Å². The van der Waals surface area contributed by atoms with E-state index in [4.69, 9.17) is 5.11 Å². The fourth-order valence-corrected chi connectivity index (χ4v) is 2.67. The molecule has 134 valence electrons. The van der Waals surface area contributed by atoms with Crippen molar-refractivity contribution in [1.29, 1.82) is 0 Å². The van der Waals surface area contributed by atoms with E-state index in [2.05, 4.69) is 21.6 Å². The summed E-state index contributed by atoms with van der Waals surface area (Å²) in [5.74, 6) is -1.10. The van der Waals surface area contributed by atoms with Crippen molar-refractivity contribution in [3.05, 3.63) is 65.1 Å². The third kappa shape index (κ3) is 3.97. The monoisotopic (exact) mass is 353 g/mol. The number of carboxylic acids is 1. The molecule has 8 nitrogen and oxygen atoms in total. The van der Waals surface area contributed by atoms with E-state index in [1.54, 1.807) is 10.7 Å². The highest BCUT2D eigenvalue weighted by Crippen LogP contribution is 2.12. The summed E-state index contributed by atoms with van der Waals surface area (Å²) in [5.41, 5.74) is 3.17. The molecular weight excluding hydrogens is 334 g/mol. The number of nitrogens with one attached hydrogen (secondary N) is 1. The maximum absolute atomic E-state index is 12.2. The van der Waals surface area contributed by atoms with Crippen molar-refractivity contribution in [3.63, 3.8) is 0 Å². The van der Waals surface area contributed by atoms with Gasteiger partial charge in [-0.1, -0.05) is 29.8 Å². The molecule has 26 heavy (non-hydrogen) atoms. The molecule has 1 aromatic carbocycles. The third-order valence-electron chi connectivity index (χ3n) is 3.89. The Bertz CT molecular complexity index is 957. The van der Waals surface area contributed by atoms with Crippen LogP contribution in [0.15, 0.2) is 42.6 Å². The lowest BCUT2D eigenvalue weighted by Gasteiger charge is -2.06. The summed E-state index contributed by atoms with van der Waals surface area (Å²) in [7, 11) is 0. The molecule has 2 N–H and O–H groups in total. The van der Waals surface area contributed by atoms with E-state index in [-0.39, 0.29) is 12.2 Å². The van der Waals surface area contributed by atoms with Gasteiger partial charge in [-0.25, -0.2) is 9.48 Å². The Morgan fingerprint density at radius 2 is 1.96 bits per heavy atom. The quantitative estimate of drug-likeness (QED) is 0.706. The largest absolute Gasteiger partial charge is 0.477 e. The van der Waals surface area contributed by atoms with Crippen molar-refractivity contribution in [3.8, 4) is 0 Å². The number of hydrogen-bond donors (Lipinski definition) is 2. The first kappa shape index (κ1) is 17.4. The standard InChI is InChI=1S/C18H19N5O3/c1-12-4-3-5-14(8-12)10-22-13(2)9-16(21-22)20-17(24)11-23-15(18(25)26)6-7-19-23/h3-9H,10-11H2,1-2H3,(H,25,26)(H,20,21,24). The minimum absolute atomic E-state index is 0.0405. The van der Waals surface area contributed by atoms with Crippen molar-refractivity contribution >= 4 is 17.7 Å². The number of aromatic nitrogens is 4. The molecule has 3 aromatic rings. The van der Waals surface area contributed by atoms with Gasteiger partial charge in [-0.05, 0) is 25.5 Å². The van der Waals surface area contributed by atoms with Gasteiger partial charge in [0.2, 0.25) is 5.91 Å². The van der Waals surface area contributed by atoms with Crippen molar-refractivity contribution in [2.24, 2.45) is 0 Å². The molecule has 0 aliphatic heterocycles. The van der Waals surface area contributed by atoms with E-state index in [9.17, 15) is 9.59 Å². The van der Waals surface area contributed by atoms with Gasteiger partial charge in [-0.3, -0.25) is 9.48 Å². The molecule has 0 spiro atoms. The number of anilines is 1. The summed E-state index contributed by atoms with van der Waals surface area (Å²) < 4.78 is 2.94. The van der Waals surface area contributed by atoms with Crippen molar-refractivity contribution in [2.75, 3.05) is 5.32 Å². The number of carboxylic acid groups (broad SMARTS) is 1. The summed E-state index contributed by atoms with van der Waals surface area (Å²) in [5, 5.41) is 20.0. The number of aryl methyl sites for hydroxylation is 2. The molecule has 8 heteroatoms. The van der Waals surface area contributed by atoms with Crippen molar-refractivity contribution < 1.29 is 14.7 Å². The van der Waals surface area contributed by atoms with E-state index < -0.39 is 11.9 Å². The van der Waals surface area contributed by atoms with Crippen LogP contribution in [-0.2, 0) is 17.9 Å². The van der Waals surface area contributed by atoms with E-state index in [0.29, 0.717) is 12.4 Å². The van der Waals surface area contributed by atoms with Gasteiger partial charge in [0.05, 0.1) is 6.54 Å². The van der Waals surface area contributed by atoms with Gasteiger partial charge in [-0.15, -0.1) is 0 Å². The lowest BCUT2D eigenvalue weighted by molar-refractivity contribution is -0.116. The topological polar surface area (TPSA) is 102 Å². The van der Waals surface area contributed by atoms with Crippen LogP contribution in [0.3, 0.4) is 0 Å². The van der Waals surface area contributed by atoms with Crippen LogP contribution in [0, 0.1) is 13.8 Å². The zero-order valence-corrected chi connectivity index (χ0v) is 14.5. The Morgan fingerprint density at radius 1 is 1.15 bits per heavy atom. The Morgan fingerprint density at radius 3 is 2.69 bits per heavy atom. The number of amides is 1. The van der Waals surface area contributed by atoms with Gasteiger partial charge in [-0.2, -0.15) is 10.2 Å². The lowest BCUT2D eigenvalue weighted by Crippen LogP contribution is -2.22. The second-order valence-electron chi connectivity index (χ2n) is 6.05. The molecule has 0 saturated heterocycles. The van der Waals surface area contributed by atoms with Crippen molar-refractivity contribution in [2.45, 2.75) is 26.9 Å². The highest BCUT2D eigenvalue weighted by Gasteiger charge is 2.14. The normalized spacial score (nSPS) is 10.7. The Labute approximate surface area is 150 Å². The minimum atomic E-state index is -1.13. The Hall–Kier alpha value is -3.42. The number of rotatable bonds is 6. The molecule has 0 radical (unpaired) electrons. The van der Waals surface area contributed by atoms with E-state index in [1.165, 1.54) is 17.8 Å². The molecule has 0 aliphatic rings. The molecule has 2 aromatic heterocycles. The highest BCUT2D eigenvalue weighted by molar-refractivity contribution is 5.91. The van der Waals surface area contributed by atoms with Crippen LogP contribution in [0.25, 0.3) is 0 Å². The van der Waals surface area contributed by atoms with E-state index >= 15 is 0 Å². The average molecular weight is 353 g/mol. The number of hydrogen-bond acceptors (Lipinski definition) is 4. The molecule has 1 amide bonds. The van der Waals surface area contributed by atoms with E-state index in [1.807, 2.05) is 32.0 Å². The van der Waals surface area contributed by atoms with E-state index in [0.717, 1.165) is 15.9 Å². The number of benzene rings is 1. The highest BCUT2D eigenvalue weighted by atomic mass is 16.4. The Kier molecular flexibility index (Phi) is 4.83. The van der Waals surface area contributed by atoms with Gasteiger partial charge < -0.3 is 10.4 Å². The first-order chi connectivity index (χ1) is 12.4. The molecule has 0 atom stereocenters. The summed E-state index contributed by atoms with van der Waals surface area (Å²) in [4.78, 5) is 23.2. The average Bonchev–Trinajstić information content (AvgIpc) is 3.14. The van der Waals surface area contributed by atoms with Crippen LogP contribution in [0.5, 0.6) is 0 Å². The summed E-state index contributed by atoms with van der Waals surface area (Å²) in [6.45, 7) is 4.35. The van der Waals surface area contributed by atoms with Crippen LogP contribution in [0.2, 0.25) is 0 Å². The van der Waals surface area contributed by atoms with Gasteiger partial charge in [0.25, 0.3) is 0 Å². The summed E-state index contributed by atoms with van der Waals surface area (Å²) in [6, 6.07) is 11.3. The third-order valence-corrected chi connectivity index (χ3v) is 3.89. The molecule has 0 unspecified atom stereocenters. The molecule has 0 aliphatic carbocycles. The zero-order valence-electron chi connectivity index (χ0n) is 14.5. The molecule has 0 bridgehead atoms. The van der Waals surface area contributed by atoms with Crippen LogP contribution >= 0.6 is 0 Å². The Balaban J connectivity index is 1.68. The fraction of sp³-hybridized carbons (Fsp3) is 0.222. The second kappa shape index (κ2) is 7.22. The zero-order chi connectivity index (χ0) is 18.7.